The van der Waals surface area contributed by atoms with Gasteiger partial charge in [0, 0.05) is 38.4 Å². The smallest absolute Gasteiger partial charge is 0.251 e. The van der Waals surface area contributed by atoms with Crippen LogP contribution >= 0.6 is 11.6 Å². The number of amides is 1. The minimum absolute atomic E-state index is 0.0768. The van der Waals surface area contributed by atoms with E-state index in [4.69, 9.17) is 11.6 Å². The molecule has 1 amide bonds. The van der Waals surface area contributed by atoms with E-state index in [-0.39, 0.29) is 5.91 Å². The van der Waals surface area contributed by atoms with Gasteiger partial charge in [0.15, 0.2) is 5.96 Å². The number of hydrogen-bond donors (Lipinski definition) is 3. The first-order chi connectivity index (χ1) is 13.1. The van der Waals surface area contributed by atoms with E-state index in [1.165, 1.54) is 0 Å². The molecule has 0 aliphatic rings. The standard InChI is InChI=1S/C20H26ClN5O/c1-3-23-20(25-12-10-16-7-8-18(21)26-14-16)24-11-9-15-5-4-6-17(13-15)19(27)22-2/h4-8,13-14H,3,9-12H2,1-2H3,(H,22,27)(H2,23,24,25). The van der Waals surface area contributed by atoms with Gasteiger partial charge in [0.1, 0.15) is 5.15 Å². The molecule has 2 aromatic rings. The highest BCUT2D eigenvalue weighted by Crippen LogP contribution is 2.07. The minimum Gasteiger partial charge on any atom is -0.357 e. The van der Waals surface area contributed by atoms with E-state index >= 15 is 0 Å². The number of aromatic nitrogens is 1. The Kier molecular flexibility index (Phi) is 8.58. The van der Waals surface area contributed by atoms with Crippen LogP contribution in [-0.2, 0) is 12.8 Å². The van der Waals surface area contributed by atoms with Gasteiger partial charge in [0.2, 0.25) is 0 Å². The third kappa shape index (κ3) is 7.27. The zero-order valence-corrected chi connectivity index (χ0v) is 16.5. The average Bonchev–Trinajstić information content (AvgIpc) is 2.69. The lowest BCUT2D eigenvalue weighted by Gasteiger charge is -2.11. The molecule has 1 heterocycles. The van der Waals surface area contributed by atoms with Crippen molar-refractivity contribution in [3.8, 4) is 0 Å². The predicted molar refractivity (Wildman–Crippen MR) is 110 cm³/mol. The maximum Gasteiger partial charge on any atom is 0.251 e. The van der Waals surface area contributed by atoms with Gasteiger partial charge in [0.05, 0.1) is 0 Å². The van der Waals surface area contributed by atoms with Crippen molar-refractivity contribution in [1.82, 2.24) is 20.9 Å². The number of halogens is 1. The Hall–Kier alpha value is -2.60. The fourth-order valence-electron chi connectivity index (χ4n) is 2.53. The maximum atomic E-state index is 11.7. The molecule has 0 spiro atoms. The van der Waals surface area contributed by atoms with Crippen molar-refractivity contribution in [2.75, 3.05) is 26.7 Å². The van der Waals surface area contributed by atoms with E-state index in [0.717, 1.165) is 43.0 Å². The van der Waals surface area contributed by atoms with Crippen molar-refractivity contribution < 1.29 is 4.79 Å². The summed E-state index contributed by atoms with van der Waals surface area (Å²) in [6, 6.07) is 11.4. The molecule has 0 aliphatic heterocycles. The fourth-order valence-corrected chi connectivity index (χ4v) is 2.64. The molecule has 144 valence electrons. The average molecular weight is 388 g/mol. The third-order valence-corrected chi connectivity index (χ3v) is 4.15. The molecule has 0 unspecified atom stereocenters. The molecule has 0 fully saturated rings. The summed E-state index contributed by atoms with van der Waals surface area (Å²) in [4.78, 5) is 20.4. The molecule has 3 N–H and O–H groups in total. The number of rotatable bonds is 8. The Morgan fingerprint density at radius 2 is 2.00 bits per heavy atom. The highest BCUT2D eigenvalue weighted by Gasteiger charge is 2.04. The van der Waals surface area contributed by atoms with Crippen LogP contribution in [0.25, 0.3) is 0 Å². The summed E-state index contributed by atoms with van der Waals surface area (Å²) in [5, 5.41) is 9.71. The van der Waals surface area contributed by atoms with Crippen molar-refractivity contribution in [2.45, 2.75) is 19.8 Å². The first-order valence-corrected chi connectivity index (χ1v) is 9.43. The number of hydrogen-bond acceptors (Lipinski definition) is 3. The largest absolute Gasteiger partial charge is 0.357 e. The number of aliphatic imine (C=N–C) groups is 1. The van der Waals surface area contributed by atoms with Gasteiger partial charge in [-0.2, -0.15) is 0 Å². The summed E-state index contributed by atoms with van der Waals surface area (Å²) < 4.78 is 0. The Balaban J connectivity index is 1.85. The van der Waals surface area contributed by atoms with Gasteiger partial charge in [-0.15, -0.1) is 0 Å². The highest BCUT2D eigenvalue weighted by atomic mass is 35.5. The van der Waals surface area contributed by atoms with E-state index in [2.05, 4.69) is 25.9 Å². The second kappa shape index (κ2) is 11.2. The van der Waals surface area contributed by atoms with Crippen molar-refractivity contribution in [3.05, 3.63) is 64.4 Å². The molecule has 7 heteroatoms. The van der Waals surface area contributed by atoms with Crippen LogP contribution in [0.2, 0.25) is 5.15 Å². The molecule has 0 atom stereocenters. The molecular weight excluding hydrogens is 362 g/mol. The lowest BCUT2D eigenvalue weighted by atomic mass is 10.1. The molecule has 1 aromatic heterocycles. The summed E-state index contributed by atoms with van der Waals surface area (Å²) in [5.74, 6) is 0.703. The van der Waals surface area contributed by atoms with Crippen molar-refractivity contribution in [3.63, 3.8) is 0 Å². The molecular formula is C20H26ClN5O. The van der Waals surface area contributed by atoms with Crippen LogP contribution in [0.5, 0.6) is 0 Å². The summed E-state index contributed by atoms with van der Waals surface area (Å²) in [5.41, 5.74) is 2.87. The predicted octanol–water partition coefficient (Wildman–Crippen LogP) is 2.43. The van der Waals surface area contributed by atoms with Gasteiger partial charge in [-0.25, -0.2) is 4.98 Å². The number of pyridine rings is 1. The van der Waals surface area contributed by atoms with Crippen LogP contribution in [0, 0.1) is 0 Å². The molecule has 0 radical (unpaired) electrons. The first kappa shape index (κ1) is 20.7. The molecule has 0 bridgehead atoms. The number of carbonyl (C=O) groups excluding carboxylic acids is 1. The molecule has 0 aliphatic carbocycles. The first-order valence-electron chi connectivity index (χ1n) is 9.06. The number of nitrogens with zero attached hydrogens (tertiary/aromatic N) is 2. The lowest BCUT2D eigenvalue weighted by Crippen LogP contribution is -2.38. The molecule has 6 nitrogen and oxygen atoms in total. The van der Waals surface area contributed by atoms with E-state index < -0.39 is 0 Å². The highest BCUT2D eigenvalue weighted by molar-refractivity contribution is 6.29. The molecule has 1 aromatic carbocycles. The van der Waals surface area contributed by atoms with E-state index in [1.807, 2.05) is 37.3 Å². The fraction of sp³-hybridized carbons (Fsp3) is 0.350. The maximum absolute atomic E-state index is 11.7. The number of benzene rings is 1. The summed E-state index contributed by atoms with van der Waals surface area (Å²) in [6.07, 6.45) is 3.39. The van der Waals surface area contributed by atoms with Gasteiger partial charge in [-0.3, -0.25) is 9.79 Å². The normalized spacial score (nSPS) is 11.1. The monoisotopic (exact) mass is 387 g/mol. The van der Waals surface area contributed by atoms with E-state index in [1.54, 1.807) is 19.3 Å². The van der Waals surface area contributed by atoms with Crippen LogP contribution < -0.4 is 16.0 Å². The summed E-state index contributed by atoms with van der Waals surface area (Å²) >= 11 is 5.80. The van der Waals surface area contributed by atoms with E-state index in [9.17, 15) is 4.79 Å². The van der Waals surface area contributed by atoms with Crippen LogP contribution in [0.15, 0.2) is 47.6 Å². The molecule has 2 rings (SSSR count). The quantitative estimate of drug-likeness (QED) is 0.369. The third-order valence-electron chi connectivity index (χ3n) is 3.93. The zero-order valence-electron chi connectivity index (χ0n) is 15.8. The van der Waals surface area contributed by atoms with Crippen LogP contribution in [-0.4, -0.2) is 43.5 Å². The molecule has 27 heavy (non-hydrogen) atoms. The Labute approximate surface area is 165 Å². The van der Waals surface area contributed by atoms with Gasteiger partial charge >= 0.3 is 0 Å². The number of carbonyl (C=O) groups is 1. The molecule has 0 saturated carbocycles. The number of guanidine groups is 1. The van der Waals surface area contributed by atoms with E-state index in [0.29, 0.717) is 17.3 Å². The molecule has 0 saturated heterocycles. The topological polar surface area (TPSA) is 78.4 Å². The number of nitrogens with one attached hydrogen (secondary N) is 3. The van der Waals surface area contributed by atoms with Crippen molar-refractivity contribution in [2.24, 2.45) is 4.99 Å². The van der Waals surface area contributed by atoms with Crippen LogP contribution in [0.1, 0.15) is 28.4 Å². The summed E-state index contributed by atoms with van der Waals surface area (Å²) in [6.45, 7) is 4.21. The second-order valence-electron chi connectivity index (χ2n) is 5.96. The van der Waals surface area contributed by atoms with Gasteiger partial charge in [0.25, 0.3) is 5.91 Å². The van der Waals surface area contributed by atoms with Crippen molar-refractivity contribution in [1.29, 1.82) is 0 Å². The Bertz CT molecular complexity index is 761. The Morgan fingerprint density at radius 3 is 2.70 bits per heavy atom. The zero-order chi connectivity index (χ0) is 19.5. The Morgan fingerprint density at radius 1 is 1.15 bits per heavy atom. The van der Waals surface area contributed by atoms with Gasteiger partial charge in [-0.05, 0) is 49.1 Å². The van der Waals surface area contributed by atoms with Gasteiger partial charge < -0.3 is 16.0 Å². The van der Waals surface area contributed by atoms with Gasteiger partial charge in [-0.1, -0.05) is 29.8 Å². The second-order valence-corrected chi connectivity index (χ2v) is 6.34. The summed E-state index contributed by atoms with van der Waals surface area (Å²) in [7, 11) is 1.63. The van der Waals surface area contributed by atoms with Crippen LogP contribution in [0.4, 0.5) is 0 Å². The van der Waals surface area contributed by atoms with Crippen molar-refractivity contribution >= 4 is 23.5 Å². The minimum atomic E-state index is -0.0768. The van der Waals surface area contributed by atoms with Crippen LogP contribution in [0.3, 0.4) is 0 Å². The lowest BCUT2D eigenvalue weighted by molar-refractivity contribution is 0.0963. The SMILES string of the molecule is CCNC(=NCCc1cccc(C(=O)NC)c1)NCCc1ccc(Cl)nc1.